The molecule has 3 rings (SSSR count). The van der Waals surface area contributed by atoms with Gasteiger partial charge in [0.25, 0.3) is 5.91 Å². The SMILES string of the molecule is COc1c(Cl)cc(Cl)cc1/C=C/C(=O)Nc1ccc(NC(=O)c2cccs2)cc1. The summed E-state index contributed by atoms with van der Waals surface area (Å²) in [7, 11) is 1.49. The first-order chi connectivity index (χ1) is 14.0. The first-order valence-electron chi connectivity index (χ1n) is 8.43. The largest absolute Gasteiger partial charge is 0.495 e. The van der Waals surface area contributed by atoms with E-state index in [1.54, 1.807) is 48.5 Å². The van der Waals surface area contributed by atoms with E-state index in [2.05, 4.69) is 10.6 Å². The van der Waals surface area contributed by atoms with E-state index in [-0.39, 0.29) is 11.8 Å². The number of benzene rings is 2. The van der Waals surface area contributed by atoms with E-state index in [1.165, 1.54) is 24.5 Å². The van der Waals surface area contributed by atoms with E-state index in [0.717, 1.165) is 0 Å². The molecule has 0 atom stereocenters. The van der Waals surface area contributed by atoms with Crippen molar-refractivity contribution in [3.8, 4) is 5.75 Å². The Morgan fingerprint density at radius 2 is 1.72 bits per heavy atom. The van der Waals surface area contributed by atoms with Crippen LogP contribution in [-0.4, -0.2) is 18.9 Å². The van der Waals surface area contributed by atoms with Crippen molar-refractivity contribution in [1.29, 1.82) is 0 Å². The lowest BCUT2D eigenvalue weighted by atomic mass is 10.2. The van der Waals surface area contributed by atoms with E-state index in [9.17, 15) is 9.59 Å². The van der Waals surface area contributed by atoms with Crippen LogP contribution in [0.5, 0.6) is 5.75 Å². The quantitative estimate of drug-likeness (QED) is 0.458. The van der Waals surface area contributed by atoms with Crippen molar-refractivity contribution < 1.29 is 14.3 Å². The van der Waals surface area contributed by atoms with Crippen LogP contribution in [0.25, 0.3) is 6.08 Å². The van der Waals surface area contributed by atoms with Crippen LogP contribution in [0.15, 0.2) is 60.0 Å². The van der Waals surface area contributed by atoms with E-state index in [1.807, 2.05) is 11.4 Å². The summed E-state index contributed by atoms with van der Waals surface area (Å²) in [5.74, 6) is -0.0710. The molecule has 0 aliphatic heterocycles. The average Bonchev–Trinajstić information content (AvgIpc) is 3.22. The summed E-state index contributed by atoms with van der Waals surface area (Å²) in [5, 5.41) is 8.19. The normalized spacial score (nSPS) is 10.7. The molecule has 2 N–H and O–H groups in total. The Balaban J connectivity index is 1.62. The molecule has 0 unspecified atom stereocenters. The first-order valence-corrected chi connectivity index (χ1v) is 10.1. The molecule has 1 aromatic heterocycles. The van der Waals surface area contributed by atoms with Crippen molar-refractivity contribution in [2.75, 3.05) is 17.7 Å². The molecule has 29 heavy (non-hydrogen) atoms. The van der Waals surface area contributed by atoms with Crippen LogP contribution in [0.1, 0.15) is 15.2 Å². The van der Waals surface area contributed by atoms with Crippen molar-refractivity contribution in [3.63, 3.8) is 0 Å². The number of amides is 2. The van der Waals surface area contributed by atoms with Gasteiger partial charge >= 0.3 is 0 Å². The zero-order valence-electron chi connectivity index (χ0n) is 15.2. The van der Waals surface area contributed by atoms with Gasteiger partial charge in [-0.15, -0.1) is 11.3 Å². The van der Waals surface area contributed by atoms with E-state index in [0.29, 0.717) is 37.6 Å². The maximum Gasteiger partial charge on any atom is 0.265 e. The molecule has 0 bridgehead atoms. The van der Waals surface area contributed by atoms with Gasteiger partial charge in [0.05, 0.1) is 17.0 Å². The number of methoxy groups -OCH3 is 1. The Hall–Kier alpha value is -2.80. The zero-order chi connectivity index (χ0) is 20.8. The Bertz CT molecular complexity index is 1050. The lowest BCUT2D eigenvalue weighted by Gasteiger charge is -2.08. The fourth-order valence-electron chi connectivity index (χ4n) is 2.51. The minimum absolute atomic E-state index is 0.172. The van der Waals surface area contributed by atoms with Crippen LogP contribution in [0, 0.1) is 0 Å². The molecule has 2 amide bonds. The lowest BCUT2D eigenvalue weighted by Crippen LogP contribution is -2.10. The van der Waals surface area contributed by atoms with Gasteiger partial charge in [-0.3, -0.25) is 9.59 Å². The number of thiophene rings is 1. The van der Waals surface area contributed by atoms with Crippen molar-refractivity contribution in [2.24, 2.45) is 0 Å². The number of ether oxygens (including phenoxy) is 1. The molecule has 3 aromatic rings. The lowest BCUT2D eigenvalue weighted by molar-refractivity contribution is -0.111. The number of halogens is 2. The van der Waals surface area contributed by atoms with E-state index < -0.39 is 0 Å². The monoisotopic (exact) mass is 446 g/mol. The van der Waals surface area contributed by atoms with Gasteiger partial charge in [0.15, 0.2) is 0 Å². The third-order valence-electron chi connectivity index (χ3n) is 3.81. The van der Waals surface area contributed by atoms with Crippen LogP contribution in [0.2, 0.25) is 10.0 Å². The van der Waals surface area contributed by atoms with Crippen LogP contribution < -0.4 is 15.4 Å². The number of anilines is 2. The molecule has 0 radical (unpaired) electrons. The topological polar surface area (TPSA) is 67.4 Å². The van der Waals surface area contributed by atoms with E-state index >= 15 is 0 Å². The van der Waals surface area contributed by atoms with Crippen molar-refractivity contribution in [3.05, 3.63) is 80.5 Å². The van der Waals surface area contributed by atoms with Crippen LogP contribution >= 0.6 is 34.5 Å². The van der Waals surface area contributed by atoms with Crippen molar-refractivity contribution >= 4 is 63.8 Å². The smallest absolute Gasteiger partial charge is 0.265 e. The number of rotatable bonds is 6. The highest BCUT2D eigenvalue weighted by Crippen LogP contribution is 2.33. The molecule has 0 aliphatic carbocycles. The molecular formula is C21H16Cl2N2O3S. The van der Waals surface area contributed by atoms with Gasteiger partial charge in [-0.1, -0.05) is 29.3 Å². The van der Waals surface area contributed by atoms with Gasteiger partial charge in [0, 0.05) is 28.0 Å². The van der Waals surface area contributed by atoms with Crippen molar-refractivity contribution in [2.45, 2.75) is 0 Å². The molecule has 8 heteroatoms. The summed E-state index contributed by atoms with van der Waals surface area (Å²) in [6, 6.07) is 13.6. The highest BCUT2D eigenvalue weighted by atomic mass is 35.5. The molecule has 0 saturated heterocycles. The molecule has 0 saturated carbocycles. The fourth-order valence-corrected chi connectivity index (χ4v) is 3.71. The van der Waals surface area contributed by atoms with Gasteiger partial charge in [0.2, 0.25) is 5.91 Å². The molecule has 1 heterocycles. The highest BCUT2D eigenvalue weighted by Gasteiger charge is 2.09. The Morgan fingerprint density at radius 3 is 2.34 bits per heavy atom. The molecule has 0 aliphatic rings. The Labute approximate surface area is 181 Å². The van der Waals surface area contributed by atoms with Crippen LogP contribution in [-0.2, 0) is 4.79 Å². The van der Waals surface area contributed by atoms with Crippen molar-refractivity contribution in [1.82, 2.24) is 0 Å². The number of carbonyl (C=O) groups is 2. The maximum atomic E-state index is 12.2. The highest BCUT2D eigenvalue weighted by molar-refractivity contribution is 7.12. The average molecular weight is 447 g/mol. The second-order valence-electron chi connectivity index (χ2n) is 5.84. The predicted molar refractivity (Wildman–Crippen MR) is 119 cm³/mol. The summed E-state index contributed by atoms with van der Waals surface area (Å²) in [6.45, 7) is 0. The third kappa shape index (κ3) is 5.60. The first kappa shape index (κ1) is 20.9. The number of hydrogen-bond donors (Lipinski definition) is 2. The standard InChI is InChI=1S/C21H16Cl2N2O3S/c1-28-20-13(11-14(22)12-17(20)23)4-9-19(26)24-15-5-7-16(8-6-15)25-21(27)18-3-2-10-29-18/h2-12H,1H3,(H,24,26)(H,25,27)/b9-4+. The Morgan fingerprint density at radius 1 is 1.03 bits per heavy atom. The summed E-state index contributed by atoms with van der Waals surface area (Å²) >= 11 is 13.5. The minimum Gasteiger partial charge on any atom is -0.495 e. The number of carbonyl (C=O) groups excluding carboxylic acids is 2. The van der Waals surface area contributed by atoms with Crippen LogP contribution in [0.4, 0.5) is 11.4 Å². The molecule has 0 fully saturated rings. The van der Waals surface area contributed by atoms with Gasteiger partial charge in [0.1, 0.15) is 5.75 Å². The predicted octanol–water partition coefficient (Wildman–Crippen LogP) is 5.97. The molecular weight excluding hydrogens is 431 g/mol. The maximum absolute atomic E-state index is 12.2. The summed E-state index contributed by atoms with van der Waals surface area (Å²) < 4.78 is 5.25. The van der Waals surface area contributed by atoms with Gasteiger partial charge in [-0.25, -0.2) is 0 Å². The molecule has 148 valence electrons. The Kier molecular flexibility index (Phi) is 6.93. The minimum atomic E-state index is -0.335. The zero-order valence-corrected chi connectivity index (χ0v) is 17.6. The molecule has 0 spiro atoms. The second-order valence-corrected chi connectivity index (χ2v) is 7.63. The molecule has 5 nitrogen and oxygen atoms in total. The van der Waals surface area contributed by atoms with Gasteiger partial charge in [-0.2, -0.15) is 0 Å². The van der Waals surface area contributed by atoms with Gasteiger partial charge in [-0.05, 0) is 53.9 Å². The number of nitrogens with one attached hydrogen (secondary N) is 2. The fraction of sp³-hybridized carbons (Fsp3) is 0.0476. The summed E-state index contributed by atoms with van der Waals surface area (Å²) in [6.07, 6.45) is 2.93. The molecule has 2 aromatic carbocycles. The second kappa shape index (κ2) is 9.60. The van der Waals surface area contributed by atoms with Gasteiger partial charge < -0.3 is 15.4 Å². The number of hydrogen-bond acceptors (Lipinski definition) is 4. The summed E-state index contributed by atoms with van der Waals surface area (Å²) in [5.41, 5.74) is 1.81. The van der Waals surface area contributed by atoms with E-state index in [4.69, 9.17) is 27.9 Å². The third-order valence-corrected chi connectivity index (χ3v) is 5.18. The summed E-state index contributed by atoms with van der Waals surface area (Å²) in [4.78, 5) is 24.9. The van der Waals surface area contributed by atoms with Crippen LogP contribution in [0.3, 0.4) is 0 Å².